The van der Waals surface area contributed by atoms with E-state index in [4.69, 9.17) is 4.74 Å². The molecule has 0 aromatic heterocycles. The fraction of sp³-hybridized carbons (Fsp3) is 0.895. The molecule has 0 N–H and O–H groups in total. The molecular formula is C19H24O3. The molecule has 0 radical (unpaired) electrons. The summed E-state index contributed by atoms with van der Waals surface area (Å²) in [7, 11) is 0. The molecular weight excluding hydrogens is 276 g/mol. The molecule has 0 spiro atoms. The summed E-state index contributed by atoms with van der Waals surface area (Å²) in [5.74, 6) is 3.51. The first kappa shape index (κ1) is 12.5. The maximum atomic E-state index is 12.5. The molecule has 6 saturated carbocycles. The number of ether oxygens (including phenoxy) is 1. The largest absolute Gasteiger partial charge is 0.465 e. The van der Waals surface area contributed by atoms with Crippen molar-refractivity contribution >= 4 is 11.8 Å². The minimum atomic E-state index is 0.106. The van der Waals surface area contributed by atoms with Gasteiger partial charge in [0.25, 0.3) is 0 Å². The molecule has 1 aliphatic heterocycles. The molecule has 3 nitrogen and oxygen atoms in total. The molecule has 1 heterocycles. The maximum absolute atomic E-state index is 12.5. The highest BCUT2D eigenvalue weighted by Gasteiger charge is 2.73. The Hall–Kier alpha value is -0.860. The van der Waals surface area contributed by atoms with Gasteiger partial charge in [0.05, 0.1) is 12.5 Å². The molecule has 3 heteroatoms. The molecule has 1 saturated heterocycles. The van der Waals surface area contributed by atoms with E-state index in [9.17, 15) is 9.59 Å². The molecule has 6 atom stereocenters. The molecule has 0 aromatic rings. The number of hydrogen-bond donors (Lipinski definition) is 0. The van der Waals surface area contributed by atoms with Gasteiger partial charge in [-0.3, -0.25) is 9.59 Å². The zero-order valence-corrected chi connectivity index (χ0v) is 13.1. The van der Waals surface area contributed by atoms with Crippen LogP contribution in [0.25, 0.3) is 0 Å². The number of esters is 1. The average molecular weight is 300 g/mol. The van der Waals surface area contributed by atoms with Crippen molar-refractivity contribution in [2.75, 3.05) is 6.61 Å². The van der Waals surface area contributed by atoms with Gasteiger partial charge in [0.15, 0.2) is 0 Å². The van der Waals surface area contributed by atoms with Crippen molar-refractivity contribution < 1.29 is 14.3 Å². The van der Waals surface area contributed by atoms with Gasteiger partial charge >= 0.3 is 5.97 Å². The first-order valence-corrected chi connectivity index (χ1v) is 9.32. The van der Waals surface area contributed by atoms with Crippen LogP contribution in [-0.2, 0) is 14.3 Å². The Kier molecular flexibility index (Phi) is 2.07. The normalized spacial score (nSPS) is 60.9. The summed E-state index contributed by atoms with van der Waals surface area (Å²) in [5, 5.41) is 0. The van der Waals surface area contributed by atoms with Crippen molar-refractivity contribution in [2.45, 2.75) is 51.4 Å². The van der Waals surface area contributed by atoms with Gasteiger partial charge in [0.1, 0.15) is 5.78 Å². The third-order valence-electron chi connectivity index (χ3n) is 8.94. The number of cyclic esters (lactones) is 1. The van der Waals surface area contributed by atoms with Gasteiger partial charge in [0.2, 0.25) is 0 Å². The molecule has 6 aliphatic carbocycles. The number of hydrogen-bond acceptors (Lipinski definition) is 3. The summed E-state index contributed by atoms with van der Waals surface area (Å²) in [5.41, 5.74) is 0.501. The molecule has 7 rings (SSSR count). The SMILES string of the molecule is O=C1C2CC3CC1CC(C14CCC(C1)C1COC(=O)C14)(C3)C2. The zero-order chi connectivity index (χ0) is 14.7. The van der Waals surface area contributed by atoms with Crippen LogP contribution in [0, 0.1) is 46.3 Å². The van der Waals surface area contributed by atoms with Crippen LogP contribution >= 0.6 is 0 Å². The van der Waals surface area contributed by atoms with Crippen LogP contribution in [0.1, 0.15) is 51.4 Å². The summed E-state index contributed by atoms with van der Waals surface area (Å²) in [4.78, 5) is 25.1. The second-order valence-electron chi connectivity index (χ2n) is 9.46. The van der Waals surface area contributed by atoms with Gasteiger partial charge in [-0.25, -0.2) is 0 Å². The highest BCUT2D eigenvalue weighted by molar-refractivity contribution is 5.86. The zero-order valence-electron chi connectivity index (χ0n) is 13.1. The Morgan fingerprint density at radius 1 is 1.00 bits per heavy atom. The third-order valence-corrected chi connectivity index (χ3v) is 8.94. The monoisotopic (exact) mass is 300 g/mol. The predicted octanol–water partition coefficient (Wildman–Crippen LogP) is 2.97. The lowest BCUT2D eigenvalue weighted by atomic mass is 9.40. The summed E-state index contributed by atoms with van der Waals surface area (Å²) >= 11 is 0. The second-order valence-corrected chi connectivity index (χ2v) is 9.46. The fourth-order valence-electron chi connectivity index (χ4n) is 8.51. The second kappa shape index (κ2) is 3.62. The van der Waals surface area contributed by atoms with Crippen LogP contribution < -0.4 is 0 Å². The Morgan fingerprint density at radius 2 is 1.77 bits per heavy atom. The molecule has 22 heavy (non-hydrogen) atoms. The van der Waals surface area contributed by atoms with Gasteiger partial charge in [-0.05, 0) is 74.0 Å². The molecule has 6 unspecified atom stereocenters. The van der Waals surface area contributed by atoms with Gasteiger partial charge < -0.3 is 4.74 Å². The summed E-state index contributed by atoms with van der Waals surface area (Å²) in [6.07, 6.45) is 9.59. The van der Waals surface area contributed by atoms with Crippen LogP contribution in [0.3, 0.4) is 0 Å². The quantitative estimate of drug-likeness (QED) is 0.699. The number of ketones is 1. The van der Waals surface area contributed by atoms with E-state index in [0.717, 1.165) is 37.5 Å². The number of fused-ring (bicyclic) bond motifs is 5. The molecule has 0 amide bonds. The van der Waals surface area contributed by atoms with Crippen molar-refractivity contribution in [1.82, 2.24) is 0 Å². The number of carbonyl (C=O) groups is 2. The van der Waals surface area contributed by atoms with E-state index >= 15 is 0 Å². The molecule has 0 aromatic carbocycles. The highest BCUT2D eigenvalue weighted by Crippen LogP contribution is 2.76. The van der Waals surface area contributed by atoms with Crippen LogP contribution in [0.5, 0.6) is 0 Å². The van der Waals surface area contributed by atoms with E-state index in [1.165, 1.54) is 25.7 Å². The Bertz CT molecular complexity index is 577. The Balaban J connectivity index is 1.49. The first-order valence-electron chi connectivity index (χ1n) is 9.32. The third kappa shape index (κ3) is 1.18. The molecule has 6 bridgehead atoms. The standard InChI is InChI=1S/C19H24O3/c20-16-12-3-10-4-13(16)7-18(5-10,6-12)19-2-1-11(8-19)14-9-22-17(21)15(14)19/h10-15H,1-9H2. The van der Waals surface area contributed by atoms with Crippen LogP contribution in [0.4, 0.5) is 0 Å². The Labute approximate surface area is 131 Å². The number of carbonyl (C=O) groups excluding carboxylic acids is 2. The number of Topliss-reactive ketones (excluding diaryl/α,β-unsaturated/α-hetero) is 1. The predicted molar refractivity (Wildman–Crippen MR) is 78.7 cm³/mol. The first-order chi connectivity index (χ1) is 10.6. The van der Waals surface area contributed by atoms with Crippen molar-refractivity contribution in [3.63, 3.8) is 0 Å². The minimum Gasteiger partial charge on any atom is -0.465 e. The van der Waals surface area contributed by atoms with Crippen molar-refractivity contribution in [2.24, 2.45) is 46.3 Å². The molecule has 7 fully saturated rings. The van der Waals surface area contributed by atoms with Gasteiger partial charge in [0, 0.05) is 17.8 Å². The summed E-state index contributed by atoms with van der Waals surface area (Å²) < 4.78 is 5.50. The molecule has 7 aliphatic rings. The van der Waals surface area contributed by atoms with Crippen molar-refractivity contribution in [3.05, 3.63) is 0 Å². The smallest absolute Gasteiger partial charge is 0.309 e. The van der Waals surface area contributed by atoms with E-state index in [-0.39, 0.29) is 17.3 Å². The van der Waals surface area contributed by atoms with Gasteiger partial charge in [-0.2, -0.15) is 0 Å². The lowest BCUT2D eigenvalue weighted by molar-refractivity contribution is -0.174. The van der Waals surface area contributed by atoms with Crippen LogP contribution in [-0.4, -0.2) is 18.4 Å². The fourth-order valence-corrected chi connectivity index (χ4v) is 8.51. The van der Waals surface area contributed by atoms with E-state index in [1.54, 1.807) is 0 Å². The summed E-state index contributed by atoms with van der Waals surface area (Å²) in [6, 6.07) is 0. The van der Waals surface area contributed by atoms with Crippen LogP contribution in [0.15, 0.2) is 0 Å². The summed E-state index contributed by atoms with van der Waals surface area (Å²) in [6.45, 7) is 0.682. The lowest BCUT2D eigenvalue weighted by Gasteiger charge is -2.63. The van der Waals surface area contributed by atoms with Crippen molar-refractivity contribution in [1.29, 1.82) is 0 Å². The minimum absolute atomic E-state index is 0.106. The Morgan fingerprint density at radius 3 is 2.55 bits per heavy atom. The average Bonchev–Trinajstić information content (AvgIpc) is 3.17. The highest BCUT2D eigenvalue weighted by atomic mass is 16.5. The lowest BCUT2D eigenvalue weighted by Crippen LogP contribution is -2.59. The van der Waals surface area contributed by atoms with E-state index < -0.39 is 0 Å². The maximum Gasteiger partial charge on any atom is 0.309 e. The van der Waals surface area contributed by atoms with Gasteiger partial charge in [-0.1, -0.05) is 0 Å². The topological polar surface area (TPSA) is 43.4 Å². The number of rotatable bonds is 1. The van der Waals surface area contributed by atoms with E-state index in [2.05, 4.69) is 0 Å². The van der Waals surface area contributed by atoms with E-state index in [1.807, 2.05) is 0 Å². The van der Waals surface area contributed by atoms with Gasteiger partial charge in [-0.15, -0.1) is 0 Å². The van der Waals surface area contributed by atoms with Crippen LogP contribution in [0.2, 0.25) is 0 Å². The van der Waals surface area contributed by atoms with Crippen molar-refractivity contribution in [3.8, 4) is 0 Å². The van der Waals surface area contributed by atoms with E-state index in [0.29, 0.717) is 35.6 Å². The molecule has 118 valence electrons.